The first-order valence-electron chi connectivity index (χ1n) is 12.3. The Hall–Kier alpha value is -2.85. The maximum atomic E-state index is 11.7. The van der Waals surface area contributed by atoms with Crippen LogP contribution in [-0.4, -0.2) is 21.7 Å². The maximum absolute atomic E-state index is 11.7. The van der Waals surface area contributed by atoms with Gasteiger partial charge in [0.2, 0.25) is 0 Å². The fraction of sp³-hybridized carbons (Fsp3) is 0.250. The summed E-state index contributed by atoms with van der Waals surface area (Å²) in [6.45, 7) is 0. The van der Waals surface area contributed by atoms with Gasteiger partial charge < -0.3 is 10.2 Å². The first-order chi connectivity index (χ1) is 17.1. The summed E-state index contributed by atoms with van der Waals surface area (Å²) in [6, 6.07) is 40.4. The van der Waals surface area contributed by atoms with Crippen molar-refractivity contribution < 1.29 is 10.2 Å². The quantitative estimate of drug-likeness (QED) is 0.219. The van der Waals surface area contributed by atoms with Gasteiger partial charge in [0.15, 0.2) is 0 Å². The maximum Gasteiger partial charge on any atom is 0.0944 e. The summed E-state index contributed by atoms with van der Waals surface area (Å²) in [7, 11) is 0. The summed E-state index contributed by atoms with van der Waals surface area (Å²) in [6.07, 6.45) is 2.47. The molecule has 0 aliphatic carbocycles. The summed E-state index contributed by atoms with van der Waals surface area (Å²) >= 11 is 1.80. The van der Waals surface area contributed by atoms with Gasteiger partial charge >= 0.3 is 0 Å². The Morgan fingerprint density at radius 3 is 1.11 bits per heavy atom. The van der Waals surface area contributed by atoms with Gasteiger partial charge in [-0.05, 0) is 46.6 Å². The van der Waals surface area contributed by atoms with Crippen molar-refractivity contribution in [1.82, 2.24) is 0 Å². The molecule has 35 heavy (non-hydrogen) atoms. The second kappa shape index (κ2) is 12.2. The van der Waals surface area contributed by atoms with Crippen molar-refractivity contribution in [2.75, 3.05) is 11.5 Å². The standard InChI is InChI=1S/C32H34O2S/c33-31(29-17-9-3-10-18-29,25-27-13-5-1-6-14-27)21-23-35-24-22-32(34,30-19-11-4-12-20-30)26-28-15-7-2-8-16-28/h1-20,33-34H,21-26H2. The topological polar surface area (TPSA) is 40.5 Å². The van der Waals surface area contributed by atoms with E-state index < -0.39 is 11.2 Å². The lowest BCUT2D eigenvalue weighted by molar-refractivity contribution is 0.0330. The zero-order valence-electron chi connectivity index (χ0n) is 20.1. The predicted octanol–water partition coefficient (Wildman–Crippen LogP) is 6.76. The van der Waals surface area contributed by atoms with Crippen molar-refractivity contribution in [3.8, 4) is 0 Å². The Morgan fingerprint density at radius 1 is 0.457 bits per heavy atom. The molecule has 0 fully saturated rings. The summed E-state index contributed by atoms with van der Waals surface area (Å²) in [5.41, 5.74) is 2.32. The Labute approximate surface area is 213 Å². The first kappa shape index (κ1) is 25.2. The SMILES string of the molecule is OC(CCSCCC(O)(Cc1ccccc1)c1ccccc1)(Cc1ccccc1)c1ccccc1. The highest BCUT2D eigenvalue weighted by Gasteiger charge is 2.31. The number of benzene rings is 4. The molecule has 4 aromatic rings. The summed E-state index contributed by atoms with van der Waals surface area (Å²) in [4.78, 5) is 0. The van der Waals surface area contributed by atoms with Crippen molar-refractivity contribution in [3.63, 3.8) is 0 Å². The molecule has 0 amide bonds. The van der Waals surface area contributed by atoms with Gasteiger partial charge in [-0.25, -0.2) is 0 Å². The predicted molar refractivity (Wildman–Crippen MR) is 148 cm³/mol. The third-order valence-electron chi connectivity index (χ3n) is 6.62. The molecule has 0 radical (unpaired) electrons. The van der Waals surface area contributed by atoms with Crippen molar-refractivity contribution in [2.24, 2.45) is 0 Å². The monoisotopic (exact) mass is 482 g/mol. The molecule has 0 aliphatic rings. The Kier molecular flexibility index (Phi) is 8.81. The van der Waals surface area contributed by atoms with Crippen molar-refractivity contribution in [3.05, 3.63) is 144 Å². The molecule has 2 unspecified atom stereocenters. The molecule has 4 aromatic carbocycles. The van der Waals surface area contributed by atoms with E-state index in [1.165, 1.54) is 0 Å². The molecule has 2 nitrogen and oxygen atoms in total. The molecule has 0 saturated heterocycles. The third kappa shape index (κ3) is 7.08. The van der Waals surface area contributed by atoms with Gasteiger partial charge in [-0.2, -0.15) is 11.8 Å². The normalized spacial score (nSPS) is 14.7. The molecular weight excluding hydrogens is 448 g/mol. The van der Waals surface area contributed by atoms with E-state index in [-0.39, 0.29) is 0 Å². The van der Waals surface area contributed by atoms with Crippen molar-refractivity contribution in [1.29, 1.82) is 0 Å². The van der Waals surface area contributed by atoms with Gasteiger partial charge in [-0.3, -0.25) is 0 Å². The molecular formula is C32H34O2S. The van der Waals surface area contributed by atoms with Crippen LogP contribution in [0.5, 0.6) is 0 Å². The smallest absolute Gasteiger partial charge is 0.0944 e. The van der Waals surface area contributed by atoms with E-state index in [4.69, 9.17) is 0 Å². The third-order valence-corrected chi connectivity index (χ3v) is 7.61. The van der Waals surface area contributed by atoms with Gasteiger partial charge in [0.25, 0.3) is 0 Å². The van der Waals surface area contributed by atoms with E-state index in [0.29, 0.717) is 25.7 Å². The molecule has 2 atom stereocenters. The minimum absolute atomic E-state index is 0.584. The number of aliphatic hydroxyl groups is 2. The highest BCUT2D eigenvalue weighted by Crippen LogP contribution is 2.33. The average Bonchev–Trinajstić information content (AvgIpc) is 2.91. The van der Waals surface area contributed by atoms with Crippen LogP contribution in [0.1, 0.15) is 35.1 Å². The lowest BCUT2D eigenvalue weighted by atomic mass is 9.85. The Balaban J connectivity index is 1.40. The molecule has 3 heteroatoms. The van der Waals surface area contributed by atoms with Gasteiger partial charge in [0.1, 0.15) is 0 Å². The summed E-state index contributed by atoms with van der Waals surface area (Å²) in [5.74, 6) is 1.63. The van der Waals surface area contributed by atoms with E-state index >= 15 is 0 Å². The molecule has 2 N–H and O–H groups in total. The van der Waals surface area contributed by atoms with Gasteiger partial charge in [-0.15, -0.1) is 0 Å². The Bertz CT molecular complexity index is 1040. The van der Waals surface area contributed by atoms with Crippen LogP contribution in [0.25, 0.3) is 0 Å². The zero-order chi connectivity index (χ0) is 24.4. The number of hydrogen-bond donors (Lipinski definition) is 2. The minimum Gasteiger partial charge on any atom is -0.385 e. The van der Waals surface area contributed by atoms with Crippen LogP contribution in [0.2, 0.25) is 0 Å². The second-order valence-corrected chi connectivity index (χ2v) is 10.5. The molecule has 0 spiro atoms. The molecule has 180 valence electrons. The summed E-state index contributed by atoms with van der Waals surface area (Å²) < 4.78 is 0. The molecule has 0 aliphatic heterocycles. The number of thioether (sulfide) groups is 1. The van der Waals surface area contributed by atoms with Crippen LogP contribution in [0.3, 0.4) is 0 Å². The molecule has 0 saturated carbocycles. The van der Waals surface area contributed by atoms with Crippen LogP contribution < -0.4 is 0 Å². The highest BCUT2D eigenvalue weighted by molar-refractivity contribution is 7.99. The molecule has 0 heterocycles. The molecule has 0 bridgehead atoms. The fourth-order valence-corrected chi connectivity index (χ4v) is 5.79. The van der Waals surface area contributed by atoms with Crippen molar-refractivity contribution in [2.45, 2.75) is 36.9 Å². The number of rotatable bonds is 12. The highest BCUT2D eigenvalue weighted by atomic mass is 32.2. The van der Waals surface area contributed by atoms with Crippen LogP contribution in [0, 0.1) is 0 Å². The van der Waals surface area contributed by atoms with Crippen LogP contribution >= 0.6 is 11.8 Å². The van der Waals surface area contributed by atoms with Crippen LogP contribution in [-0.2, 0) is 24.0 Å². The van der Waals surface area contributed by atoms with Crippen LogP contribution in [0.15, 0.2) is 121 Å². The largest absolute Gasteiger partial charge is 0.385 e. The van der Waals surface area contributed by atoms with Gasteiger partial charge in [-0.1, -0.05) is 121 Å². The zero-order valence-corrected chi connectivity index (χ0v) is 20.9. The van der Waals surface area contributed by atoms with E-state index in [9.17, 15) is 10.2 Å². The fourth-order valence-electron chi connectivity index (χ4n) is 4.62. The second-order valence-electron chi connectivity index (χ2n) is 9.23. The molecule has 4 rings (SSSR count). The van der Waals surface area contributed by atoms with Gasteiger partial charge in [0, 0.05) is 12.8 Å². The minimum atomic E-state index is -0.921. The average molecular weight is 483 g/mol. The lowest BCUT2D eigenvalue weighted by Crippen LogP contribution is -2.30. The van der Waals surface area contributed by atoms with E-state index in [1.807, 2.05) is 97.1 Å². The van der Waals surface area contributed by atoms with E-state index in [1.54, 1.807) is 11.8 Å². The van der Waals surface area contributed by atoms with E-state index in [0.717, 1.165) is 33.8 Å². The van der Waals surface area contributed by atoms with Crippen LogP contribution in [0.4, 0.5) is 0 Å². The van der Waals surface area contributed by atoms with E-state index in [2.05, 4.69) is 24.3 Å². The van der Waals surface area contributed by atoms with Gasteiger partial charge in [0.05, 0.1) is 11.2 Å². The number of hydrogen-bond acceptors (Lipinski definition) is 3. The summed E-state index contributed by atoms with van der Waals surface area (Å²) in [5, 5.41) is 23.4. The first-order valence-corrected chi connectivity index (χ1v) is 13.4. The van der Waals surface area contributed by atoms with Crippen molar-refractivity contribution >= 4 is 11.8 Å². The Morgan fingerprint density at radius 2 is 0.771 bits per heavy atom. The lowest BCUT2D eigenvalue weighted by Gasteiger charge is -2.30. The molecule has 0 aromatic heterocycles.